The van der Waals surface area contributed by atoms with Crippen molar-refractivity contribution in [3.63, 3.8) is 0 Å². The van der Waals surface area contributed by atoms with Gasteiger partial charge in [-0.1, -0.05) is 12.1 Å². The maximum absolute atomic E-state index is 13.2. The van der Waals surface area contributed by atoms with Crippen LogP contribution in [0, 0.1) is 5.82 Å². The molecular formula is C20H21FN4O3. The second kappa shape index (κ2) is 9.07. The summed E-state index contributed by atoms with van der Waals surface area (Å²) in [6.45, 7) is 0.565. The molecule has 2 heterocycles. The molecule has 1 saturated heterocycles. The van der Waals surface area contributed by atoms with Crippen LogP contribution in [0.25, 0.3) is 0 Å². The number of carbonyl (C=O) groups is 3. The van der Waals surface area contributed by atoms with Crippen LogP contribution in [0.1, 0.15) is 17.5 Å². The predicted molar refractivity (Wildman–Crippen MR) is 99.7 cm³/mol. The molecule has 1 aromatic heterocycles. The molecule has 0 bridgehead atoms. The number of pyridine rings is 1. The molecule has 28 heavy (non-hydrogen) atoms. The largest absolute Gasteiger partial charge is 0.356 e. The Morgan fingerprint density at radius 1 is 1.14 bits per heavy atom. The number of benzene rings is 1. The van der Waals surface area contributed by atoms with Crippen LogP contribution in [0.5, 0.6) is 0 Å². The molecule has 8 heteroatoms. The minimum absolute atomic E-state index is 0.114. The Kier molecular flexibility index (Phi) is 6.31. The molecule has 1 fully saturated rings. The van der Waals surface area contributed by atoms with Gasteiger partial charge in [0.1, 0.15) is 11.9 Å². The van der Waals surface area contributed by atoms with Crippen molar-refractivity contribution in [2.24, 2.45) is 0 Å². The van der Waals surface area contributed by atoms with Crippen LogP contribution >= 0.6 is 0 Å². The summed E-state index contributed by atoms with van der Waals surface area (Å²) >= 11 is 0. The van der Waals surface area contributed by atoms with Crippen LogP contribution in [0.2, 0.25) is 0 Å². The van der Waals surface area contributed by atoms with Gasteiger partial charge in [0.15, 0.2) is 0 Å². The van der Waals surface area contributed by atoms with Crippen molar-refractivity contribution in [3.8, 4) is 0 Å². The summed E-state index contributed by atoms with van der Waals surface area (Å²) in [5.41, 5.74) is 1.74. The van der Waals surface area contributed by atoms with Gasteiger partial charge in [0.05, 0.1) is 6.42 Å². The van der Waals surface area contributed by atoms with E-state index in [9.17, 15) is 18.8 Å². The first-order valence-electron chi connectivity index (χ1n) is 9.05. The third-order valence-electron chi connectivity index (χ3n) is 4.49. The van der Waals surface area contributed by atoms with Gasteiger partial charge in [0, 0.05) is 25.5 Å². The summed E-state index contributed by atoms with van der Waals surface area (Å²) in [5, 5.41) is 5.28. The van der Waals surface area contributed by atoms with E-state index in [1.165, 1.54) is 12.1 Å². The quantitative estimate of drug-likeness (QED) is 0.674. The topological polar surface area (TPSA) is 91.4 Å². The highest BCUT2D eigenvalue weighted by molar-refractivity contribution is 6.05. The van der Waals surface area contributed by atoms with Crippen molar-refractivity contribution in [2.75, 3.05) is 13.1 Å². The molecule has 0 unspecified atom stereocenters. The molecule has 3 rings (SSSR count). The Morgan fingerprint density at radius 3 is 2.68 bits per heavy atom. The Hall–Kier alpha value is -3.29. The smallest absolute Gasteiger partial charge is 0.324 e. The lowest BCUT2D eigenvalue weighted by Gasteiger charge is -2.13. The van der Waals surface area contributed by atoms with E-state index in [1.807, 2.05) is 12.1 Å². The summed E-state index contributed by atoms with van der Waals surface area (Å²) in [6, 6.07) is 8.33. The molecule has 0 radical (unpaired) electrons. The second-order valence-corrected chi connectivity index (χ2v) is 6.53. The highest BCUT2D eigenvalue weighted by atomic mass is 19.1. The number of nitrogens with zero attached hydrogens (tertiary/aromatic N) is 2. The van der Waals surface area contributed by atoms with Crippen molar-refractivity contribution in [1.29, 1.82) is 0 Å². The molecule has 146 valence electrons. The van der Waals surface area contributed by atoms with Crippen molar-refractivity contribution >= 4 is 17.8 Å². The average Bonchev–Trinajstić information content (AvgIpc) is 2.94. The van der Waals surface area contributed by atoms with Gasteiger partial charge in [0.2, 0.25) is 5.91 Å². The van der Waals surface area contributed by atoms with Crippen molar-refractivity contribution in [2.45, 2.75) is 25.3 Å². The number of hydrogen-bond acceptors (Lipinski definition) is 4. The molecule has 0 saturated carbocycles. The Morgan fingerprint density at radius 2 is 1.93 bits per heavy atom. The molecule has 0 aliphatic carbocycles. The molecule has 2 N–H and O–H groups in total. The molecule has 1 aliphatic heterocycles. The molecule has 4 amide bonds. The van der Waals surface area contributed by atoms with E-state index >= 15 is 0 Å². The maximum Gasteiger partial charge on any atom is 0.324 e. The van der Waals surface area contributed by atoms with Crippen LogP contribution in [-0.4, -0.2) is 46.9 Å². The van der Waals surface area contributed by atoms with Gasteiger partial charge in [-0.15, -0.1) is 0 Å². The average molecular weight is 384 g/mol. The van der Waals surface area contributed by atoms with Crippen LogP contribution < -0.4 is 10.6 Å². The monoisotopic (exact) mass is 384 g/mol. The molecule has 1 aliphatic rings. The zero-order valence-corrected chi connectivity index (χ0v) is 15.2. The summed E-state index contributed by atoms with van der Waals surface area (Å²) < 4.78 is 13.2. The second-order valence-electron chi connectivity index (χ2n) is 6.53. The van der Waals surface area contributed by atoms with E-state index in [4.69, 9.17) is 0 Å². The molecule has 1 atom stereocenters. The van der Waals surface area contributed by atoms with Gasteiger partial charge < -0.3 is 10.6 Å². The highest BCUT2D eigenvalue weighted by Crippen LogP contribution is 2.12. The fraction of sp³-hybridized carbons (Fsp3) is 0.300. The summed E-state index contributed by atoms with van der Waals surface area (Å²) in [4.78, 5) is 41.5. The van der Waals surface area contributed by atoms with Gasteiger partial charge in [-0.05, 0) is 48.2 Å². The van der Waals surface area contributed by atoms with Crippen LogP contribution in [0.15, 0.2) is 48.8 Å². The van der Waals surface area contributed by atoms with Gasteiger partial charge in [0.25, 0.3) is 5.91 Å². The first-order chi connectivity index (χ1) is 13.5. The summed E-state index contributed by atoms with van der Waals surface area (Å²) in [7, 11) is 0. The number of halogens is 1. The number of urea groups is 1. The van der Waals surface area contributed by atoms with Gasteiger partial charge in [-0.25, -0.2) is 9.18 Å². The number of rotatable bonds is 8. The van der Waals surface area contributed by atoms with Crippen LogP contribution in [-0.2, 0) is 22.4 Å². The third kappa shape index (κ3) is 5.12. The molecule has 0 spiro atoms. The normalized spacial score (nSPS) is 16.2. The van der Waals surface area contributed by atoms with Gasteiger partial charge in [-0.3, -0.25) is 19.5 Å². The first-order valence-corrected chi connectivity index (χ1v) is 9.05. The SMILES string of the molecule is O=C(C[C@H]1NC(=O)N(CCc2cccc(F)c2)C1=O)NCCc1ccncc1. The number of amides is 4. The number of aromatic nitrogens is 1. The first kappa shape index (κ1) is 19.5. The number of hydrogen-bond donors (Lipinski definition) is 2. The molecule has 2 aromatic rings. The highest BCUT2D eigenvalue weighted by Gasteiger charge is 2.38. The number of carbonyl (C=O) groups excluding carboxylic acids is 3. The fourth-order valence-corrected chi connectivity index (χ4v) is 3.01. The standard InChI is InChI=1S/C20H21FN4O3/c21-16-3-1-2-15(12-16)7-11-25-19(27)17(24-20(25)28)13-18(26)23-10-6-14-4-8-22-9-5-14/h1-5,8-9,12,17H,6-7,10-11,13H2,(H,23,26)(H,24,28)/t17-/m1/s1. The van der Waals surface area contributed by atoms with Gasteiger partial charge >= 0.3 is 6.03 Å². The minimum Gasteiger partial charge on any atom is -0.356 e. The number of nitrogens with one attached hydrogen (secondary N) is 2. The lowest BCUT2D eigenvalue weighted by Crippen LogP contribution is -2.37. The number of imide groups is 1. The molecular weight excluding hydrogens is 363 g/mol. The van der Waals surface area contributed by atoms with E-state index in [0.29, 0.717) is 24.9 Å². The Balaban J connectivity index is 1.45. The van der Waals surface area contributed by atoms with Crippen LogP contribution in [0.4, 0.5) is 9.18 Å². The maximum atomic E-state index is 13.2. The van der Waals surface area contributed by atoms with E-state index < -0.39 is 18.0 Å². The third-order valence-corrected chi connectivity index (χ3v) is 4.49. The minimum atomic E-state index is -0.874. The van der Waals surface area contributed by atoms with E-state index in [0.717, 1.165) is 10.5 Å². The van der Waals surface area contributed by atoms with E-state index in [2.05, 4.69) is 15.6 Å². The zero-order valence-electron chi connectivity index (χ0n) is 15.2. The van der Waals surface area contributed by atoms with Crippen molar-refractivity contribution < 1.29 is 18.8 Å². The van der Waals surface area contributed by atoms with E-state index in [1.54, 1.807) is 24.5 Å². The zero-order chi connectivity index (χ0) is 19.9. The predicted octanol–water partition coefficient (Wildman–Crippen LogP) is 1.43. The van der Waals surface area contributed by atoms with Gasteiger partial charge in [-0.2, -0.15) is 0 Å². The summed E-state index contributed by atoms with van der Waals surface area (Å²) in [5.74, 6) is -1.11. The molecule has 1 aromatic carbocycles. The Labute approximate surface area is 161 Å². The van der Waals surface area contributed by atoms with Crippen molar-refractivity contribution in [3.05, 3.63) is 65.7 Å². The fourth-order valence-electron chi connectivity index (χ4n) is 3.01. The van der Waals surface area contributed by atoms with E-state index in [-0.39, 0.29) is 24.7 Å². The Bertz CT molecular complexity index is 860. The lowest BCUT2D eigenvalue weighted by atomic mass is 10.1. The van der Waals surface area contributed by atoms with Crippen molar-refractivity contribution in [1.82, 2.24) is 20.5 Å². The lowest BCUT2D eigenvalue weighted by molar-refractivity contribution is -0.130. The molecule has 7 nitrogen and oxygen atoms in total. The van der Waals surface area contributed by atoms with Crippen LogP contribution in [0.3, 0.4) is 0 Å². The summed E-state index contributed by atoms with van der Waals surface area (Å²) in [6.07, 6.45) is 4.25.